The summed E-state index contributed by atoms with van der Waals surface area (Å²) < 4.78 is 21.6. The number of aryl methyl sites for hydroxylation is 1. The van der Waals surface area contributed by atoms with Crippen molar-refractivity contribution in [3.05, 3.63) is 87.7 Å². The van der Waals surface area contributed by atoms with E-state index in [4.69, 9.17) is 18.9 Å². The molecule has 0 saturated heterocycles. The van der Waals surface area contributed by atoms with Crippen LogP contribution in [0.15, 0.2) is 65.5 Å². The van der Waals surface area contributed by atoms with Crippen molar-refractivity contribution in [1.29, 1.82) is 0 Å². The number of benzene rings is 3. The summed E-state index contributed by atoms with van der Waals surface area (Å²) in [5, 5.41) is 0.885. The zero-order chi connectivity index (χ0) is 25.8. The molecule has 0 saturated carbocycles. The van der Waals surface area contributed by atoms with Gasteiger partial charge in [-0.25, -0.2) is 0 Å². The summed E-state index contributed by atoms with van der Waals surface area (Å²) in [6.45, 7) is 2.02. The largest absolute Gasteiger partial charge is 0.497 e. The number of hydrogen-bond donors (Lipinski definition) is 1. The van der Waals surface area contributed by atoms with Gasteiger partial charge in [-0.2, -0.15) is 0 Å². The van der Waals surface area contributed by atoms with Crippen LogP contribution in [0.5, 0.6) is 23.0 Å². The molecule has 4 rings (SSSR count). The van der Waals surface area contributed by atoms with E-state index < -0.39 is 0 Å². The Bertz CT molecular complexity index is 1450. The molecule has 0 aliphatic carbocycles. The summed E-state index contributed by atoms with van der Waals surface area (Å²) in [6.07, 6.45) is 0. The molecule has 0 atom stereocenters. The SMILES string of the molecule is COc1cccc(N(Cc2cc3cc(C)ccc3[nH]c2=O)C(=O)c2cc(OC)c(OC)c(OC)c2)c1. The molecule has 1 aromatic heterocycles. The van der Waals surface area contributed by atoms with Crippen LogP contribution in [-0.4, -0.2) is 39.3 Å². The standard InChI is InChI=1S/C28H28N2O6/c1-17-9-10-23-18(11-17)12-20(27(31)29-23)16-30(21-7-6-8-22(15-21)33-2)28(32)19-13-24(34-3)26(36-5)25(14-19)35-4/h6-15H,16H2,1-5H3,(H,29,31). The van der Waals surface area contributed by atoms with Crippen molar-refractivity contribution in [2.24, 2.45) is 0 Å². The van der Waals surface area contributed by atoms with Crippen molar-refractivity contribution in [3.8, 4) is 23.0 Å². The number of carbonyl (C=O) groups excluding carboxylic acids is 1. The van der Waals surface area contributed by atoms with E-state index in [9.17, 15) is 9.59 Å². The van der Waals surface area contributed by atoms with E-state index >= 15 is 0 Å². The molecule has 0 radical (unpaired) electrons. The van der Waals surface area contributed by atoms with Crippen molar-refractivity contribution in [2.75, 3.05) is 33.3 Å². The van der Waals surface area contributed by atoms with Crippen LogP contribution in [0.3, 0.4) is 0 Å². The minimum Gasteiger partial charge on any atom is -0.497 e. The lowest BCUT2D eigenvalue weighted by Gasteiger charge is -2.24. The van der Waals surface area contributed by atoms with E-state index in [0.717, 1.165) is 16.5 Å². The number of rotatable bonds is 8. The highest BCUT2D eigenvalue weighted by Crippen LogP contribution is 2.39. The molecule has 1 heterocycles. The van der Waals surface area contributed by atoms with Crippen LogP contribution in [0.4, 0.5) is 5.69 Å². The predicted octanol–water partition coefficient (Wildman–Crippen LogP) is 4.72. The van der Waals surface area contributed by atoms with E-state index in [0.29, 0.717) is 39.8 Å². The highest BCUT2D eigenvalue weighted by atomic mass is 16.5. The highest BCUT2D eigenvalue weighted by Gasteiger charge is 2.24. The number of H-pyrrole nitrogens is 1. The second-order valence-corrected chi connectivity index (χ2v) is 8.22. The van der Waals surface area contributed by atoms with Gasteiger partial charge in [-0.3, -0.25) is 9.59 Å². The number of anilines is 1. The molecule has 0 fully saturated rings. The van der Waals surface area contributed by atoms with Crippen LogP contribution in [0.2, 0.25) is 0 Å². The van der Waals surface area contributed by atoms with Gasteiger partial charge in [0, 0.05) is 28.4 Å². The first-order valence-electron chi connectivity index (χ1n) is 11.3. The minimum atomic E-state index is -0.355. The lowest BCUT2D eigenvalue weighted by Crippen LogP contribution is -2.33. The Hall–Kier alpha value is -4.46. The Morgan fingerprint density at radius 3 is 2.22 bits per heavy atom. The van der Waals surface area contributed by atoms with Crippen LogP contribution < -0.4 is 29.4 Å². The molecule has 0 bridgehead atoms. The summed E-state index contributed by atoms with van der Waals surface area (Å²) in [7, 11) is 6.03. The molecule has 0 unspecified atom stereocenters. The molecule has 8 heteroatoms. The summed E-state index contributed by atoms with van der Waals surface area (Å²) >= 11 is 0. The van der Waals surface area contributed by atoms with Gasteiger partial charge in [-0.15, -0.1) is 0 Å². The highest BCUT2D eigenvalue weighted by molar-refractivity contribution is 6.07. The van der Waals surface area contributed by atoms with E-state index in [2.05, 4.69) is 4.98 Å². The van der Waals surface area contributed by atoms with Crippen molar-refractivity contribution in [1.82, 2.24) is 4.98 Å². The average molecular weight is 489 g/mol. The van der Waals surface area contributed by atoms with Gasteiger partial charge in [0.05, 0.1) is 35.0 Å². The van der Waals surface area contributed by atoms with Crippen molar-refractivity contribution < 1.29 is 23.7 Å². The van der Waals surface area contributed by atoms with Gasteiger partial charge in [0.1, 0.15) is 5.75 Å². The number of nitrogens with zero attached hydrogens (tertiary/aromatic N) is 1. The monoisotopic (exact) mass is 488 g/mol. The second-order valence-electron chi connectivity index (χ2n) is 8.22. The van der Waals surface area contributed by atoms with Gasteiger partial charge in [-0.1, -0.05) is 17.7 Å². The van der Waals surface area contributed by atoms with Crippen LogP contribution in [0.25, 0.3) is 10.9 Å². The minimum absolute atomic E-state index is 0.0296. The first kappa shape index (κ1) is 24.7. The number of ether oxygens (including phenoxy) is 4. The number of fused-ring (bicyclic) bond motifs is 1. The topological polar surface area (TPSA) is 90.1 Å². The second kappa shape index (κ2) is 10.4. The van der Waals surface area contributed by atoms with Gasteiger partial charge in [0.2, 0.25) is 5.75 Å². The van der Waals surface area contributed by atoms with Gasteiger partial charge < -0.3 is 28.8 Å². The molecule has 3 aromatic carbocycles. The molecule has 1 amide bonds. The van der Waals surface area contributed by atoms with E-state index in [1.165, 1.54) is 26.2 Å². The van der Waals surface area contributed by atoms with Crippen molar-refractivity contribution in [3.63, 3.8) is 0 Å². The van der Waals surface area contributed by atoms with Gasteiger partial charge in [0.25, 0.3) is 11.5 Å². The summed E-state index contributed by atoms with van der Waals surface area (Å²) in [5.41, 5.74) is 2.85. The predicted molar refractivity (Wildman–Crippen MR) is 139 cm³/mol. The van der Waals surface area contributed by atoms with E-state index in [-0.39, 0.29) is 18.0 Å². The third-order valence-corrected chi connectivity index (χ3v) is 5.93. The summed E-state index contributed by atoms with van der Waals surface area (Å²) in [4.78, 5) is 31.4. The Balaban J connectivity index is 1.84. The van der Waals surface area contributed by atoms with Gasteiger partial charge >= 0.3 is 0 Å². The Labute approximate surface area is 209 Å². The smallest absolute Gasteiger partial charge is 0.258 e. The normalized spacial score (nSPS) is 10.7. The maximum absolute atomic E-state index is 13.9. The quantitative estimate of drug-likeness (QED) is 0.386. The number of pyridine rings is 1. The maximum Gasteiger partial charge on any atom is 0.258 e. The van der Waals surface area contributed by atoms with Crippen LogP contribution >= 0.6 is 0 Å². The summed E-state index contributed by atoms with van der Waals surface area (Å²) in [5.74, 6) is 1.31. The fourth-order valence-corrected chi connectivity index (χ4v) is 4.08. The molecule has 1 N–H and O–H groups in total. The van der Waals surface area contributed by atoms with E-state index in [1.807, 2.05) is 31.2 Å². The third-order valence-electron chi connectivity index (χ3n) is 5.93. The number of amides is 1. The fraction of sp³-hybridized carbons (Fsp3) is 0.214. The number of hydrogen-bond acceptors (Lipinski definition) is 6. The van der Waals surface area contributed by atoms with E-state index in [1.54, 1.807) is 43.5 Å². The maximum atomic E-state index is 13.9. The van der Waals surface area contributed by atoms with Gasteiger partial charge in [0.15, 0.2) is 11.5 Å². The molecule has 8 nitrogen and oxygen atoms in total. The van der Waals surface area contributed by atoms with Gasteiger partial charge in [-0.05, 0) is 54.8 Å². The first-order chi connectivity index (χ1) is 17.4. The molecule has 0 spiro atoms. The molecular formula is C28H28N2O6. The Morgan fingerprint density at radius 1 is 0.861 bits per heavy atom. The van der Waals surface area contributed by atoms with Crippen molar-refractivity contribution >= 4 is 22.5 Å². The summed E-state index contributed by atoms with van der Waals surface area (Å²) in [6, 6.07) is 17.9. The average Bonchev–Trinajstić information content (AvgIpc) is 2.90. The number of carbonyl (C=O) groups is 1. The Kier molecular flexibility index (Phi) is 7.15. The Morgan fingerprint density at radius 2 is 1.58 bits per heavy atom. The number of aromatic nitrogens is 1. The lowest BCUT2D eigenvalue weighted by atomic mass is 10.1. The first-order valence-corrected chi connectivity index (χ1v) is 11.3. The number of methoxy groups -OCH3 is 4. The molecule has 0 aliphatic rings. The zero-order valence-electron chi connectivity index (χ0n) is 20.9. The third kappa shape index (κ3) is 4.84. The zero-order valence-corrected chi connectivity index (χ0v) is 20.9. The number of nitrogens with one attached hydrogen (secondary N) is 1. The fourth-order valence-electron chi connectivity index (χ4n) is 4.08. The molecule has 4 aromatic rings. The molecular weight excluding hydrogens is 460 g/mol. The molecule has 186 valence electrons. The van der Waals surface area contributed by atoms with Crippen LogP contribution in [0.1, 0.15) is 21.5 Å². The lowest BCUT2D eigenvalue weighted by molar-refractivity contribution is 0.0984. The molecule has 36 heavy (non-hydrogen) atoms. The van der Waals surface area contributed by atoms with Crippen molar-refractivity contribution in [2.45, 2.75) is 13.5 Å². The molecule has 0 aliphatic heterocycles. The van der Waals surface area contributed by atoms with Crippen LogP contribution in [0, 0.1) is 6.92 Å². The number of aromatic amines is 1. The van der Waals surface area contributed by atoms with Crippen LogP contribution in [-0.2, 0) is 6.54 Å².